The Kier molecular flexibility index (Phi) is 5.19. The van der Waals surface area contributed by atoms with Crippen LogP contribution in [-0.2, 0) is 4.79 Å². The largest absolute Gasteiger partial charge is 0.481 e. The van der Waals surface area contributed by atoms with E-state index in [1.54, 1.807) is 0 Å². The molecule has 0 aliphatic heterocycles. The van der Waals surface area contributed by atoms with Crippen LogP contribution >= 0.6 is 0 Å². The molecule has 1 N–H and O–H groups in total. The van der Waals surface area contributed by atoms with Gasteiger partial charge in [0.25, 0.3) is 0 Å². The van der Waals surface area contributed by atoms with Gasteiger partial charge in [-0.3, -0.25) is 4.79 Å². The van der Waals surface area contributed by atoms with Crippen LogP contribution in [0.3, 0.4) is 0 Å². The van der Waals surface area contributed by atoms with Crippen molar-refractivity contribution in [3.63, 3.8) is 0 Å². The number of carboxylic acids is 1. The number of rotatable bonds is 5. The molecule has 0 amide bonds. The van der Waals surface area contributed by atoms with Gasteiger partial charge in [0.2, 0.25) is 0 Å². The van der Waals surface area contributed by atoms with Crippen LogP contribution in [0.1, 0.15) is 33.1 Å². The van der Waals surface area contributed by atoms with Crippen LogP contribution in [-0.4, -0.2) is 11.1 Å². The quantitative estimate of drug-likeness (QED) is 0.638. The van der Waals surface area contributed by atoms with Gasteiger partial charge in [0.05, 0.1) is 5.92 Å². The van der Waals surface area contributed by atoms with Gasteiger partial charge < -0.3 is 5.11 Å². The van der Waals surface area contributed by atoms with Crippen molar-refractivity contribution in [2.24, 2.45) is 11.8 Å². The van der Waals surface area contributed by atoms with Crippen LogP contribution < -0.4 is 0 Å². The van der Waals surface area contributed by atoms with Crippen molar-refractivity contribution in [3.8, 4) is 12.3 Å². The van der Waals surface area contributed by atoms with Gasteiger partial charge in [0.1, 0.15) is 0 Å². The highest BCUT2D eigenvalue weighted by atomic mass is 16.4. The summed E-state index contributed by atoms with van der Waals surface area (Å²) in [6, 6.07) is 0. The molecule has 0 rings (SSSR count). The second kappa shape index (κ2) is 5.65. The summed E-state index contributed by atoms with van der Waals surface area (Å²) in [6.07, 6.45) is 7.03. The first-order valence-electron chi connectivity index (χ1n) is 4.24. The van der Waals surface area contributed by atoms with Gasteiger partial charge in [-0.2, -0.15) is 0 Å². The Morgan fingerprint density at radius 2 is 2.08 bits per heavy atom. The molecular formula is C10H16O2. The molecule has 1 atom stereocenters. The van der Waals surface area contributed by atoms with Crippen LogP contribution in [0.15, 0.2) is 0 Å². The van der Waals surface area contributed by atoms with Gasteiger partial charge >= 0.3 is 5.97 Å². The molecule has 0 saturated heterocycles. The normalized spacial score (nSPS) is 12.5. The fraction of sp³-hybridized carbons (Fsp3) is 0.700. The Balaban J connectivity index is 3.81. The molecule has 0 bridgehead atoms. The molecule has 0 heterocycles. The van der Waals surface area contributed by atoms with Gasteiger partial charge in [-0.1, -0.05) is 20.3 Å². The zero-order valence-electron chi connectivity index (χ0n) is 7.71. The summed E-state index contributed by atoms with van der Waals surface area (Å²) < 4.78 is 0. The Morgan fingerprint density at radius 3 is 2.42 bits per heavy atom. The van der Waals surface area contributed by atoms with Crippen LogP contribution in [0.4, 0.5) is 0 Å². The number of aliphatic carboxylic acids is 1. The summed E-state index contributed by atoms with van der Waals surface area (Å²) in [4.78, 5) is 10.6. The van der Waals surface area contributed by atoms with E-state index in [4.69, 9.17) is 11.5 Å². The lowest BCUT2D eigenvalue weighted by Crippen LogP contribution is -2.13. The fourth-order valence-corrected chi connectivity index (χ4v) is 0.990. The van der Waals surface area contributed by atoms with Gasteiger partial charge in [0.15, 0.2) is 0 Å². The number of carbonyl (C=O) groups is 1. The molecule has 0 saturated carbocycles. The van der Waals surface area contributed by atoms with E-state index in [0.717, 1.165) is 6.42 Å². The fourth-order valence-electron chi connectivity index (χ4n) is 0.990. The number of hydrogen-bond donors (Lipinski definition) is 1. The first kappa shape index (κ1) is 11.0. The molecule has 0 aromatic carbocycles. The number of carboxylic acid groups (broad SMARTS) is 1. The lowest BCUT2D eigenvalue weighted by atomic mass is 9.96. The summed E-state index contributed by atoms with van der Waals surface area (Å²) in [7, 11) is 0. The Labute approximate surface area is 74.0 Å². The van der Waals surface area contributed by atoms with E-state index in [0.29, 0.717) is 18.8 Å². The average Bonchev–Trinajstić information content (AvgIpc) is 1.96. The second-order valence-corrected chi connectivity index (χ2v) is 3.41. The van der Waals surface area contributed by atoms with Crippen molar-refractivity contribution in [3.05, 3.63) is 0 Å². The maximum absolute atomic E-state index is 10.6. The molecule has 68 valence electrons. The predicted octanol–water partition coefficient (Wildman–Crippen LogP) is 2.15. The Bertz CT molecular complexity index is 177. The topological polar surface area (TPSA) is 37.3 Å². The minimum atomic E-state index is -0.770. The average molecular weight is 168 g/mol. The molecule has 12 heavy (non-hydrogen) atoms. The molecule has 1 unspecified atom stereocenters. The first-order chi connectivity index (χ1) is 5.57. The summed E-state index contributed by atoms with van der Waals surface area (Å²) in [5.41, 5.74) is 0. The van der Waals surface area contributed by atoms with E-state index < -0.39 is 5.97 Å². The molecule has 2 nitrogen and oxygen atoms in total. The van der Waals surface area contributed by atoms with Gasteiger partial charge in [-0.25, -0.2) is 0 Å². The summed E-state index contributed by atoms with van der Waals surface area (Å²) in [6.45, 7) is 4.16. The molecule has 2 heteroatoms. The van der Waals surface area contributed by atoms with Crippen LogP contribution in [0.25, 0.3) is 0 Å². The van der Waals surface area contributed by atoms with E-state index in [9.17, 15) is 4.79 Å². The van der Waals surface area contributed by atoms with Crippen LogP contribution in [0.2, 0.25) is 0 Å². The van der Waals surface area contributed by atoms with Crippen molar-refractivity contribution >= 4 is 5.97 Å². The van der Waals surface area contributed by atoms with Crippen molar-refractivity contribution in [2.75, 3.05) is 0 Å². The highest BCUT2D eigenvalue weighted by molar-refractivity contribution is 5.70. The highest BCUT2D eigenvalue weighted by Crippen LogP contribution is 2.15. The van der Waals surface area contributed by atoms with E-state index in [1.807, 2.05) is 0 Å². The monoisotopic (exact) mass is 168 g/mol. The van der Waals surface area contributed by atoms with E-state index >= 15 is 0 Å². The molecule has 0 aromatic heterocycles. The lowest BCUT2D eigenvalue weighted by molar-refractivity contribution is -0.141. The van der Waals surface area contributed by atoms with Crippen molar-refractivity contribution in [1.82, 2.24) is 0 Å². The maximum Gasteiger partial charge on any atom is 0.307 e. The minimum Gasteiger partial charge on any atom is -0.481 e. The Hall–Kier alpha value is -0.970. The third kappa shape index (κ3) is 4.79. The molecule has 0 aliphatic rings. The SMILES string of the molecule is C#CCC(CCC(C)C)C(=O)O. The van der Waals surface area contributed by atoms with Crippen LogP contribution in [0, 0.1) is 24.2 Å². The molecule has 0 fully saturated rings. The molecular weight excluding hydrogens is 152 g/mol. The van der Waals surface area contributed by atoms with Crippen molar-refractivity contribution < 1.29 is 9.90 Å². The summed E-state index contributed by atoms with van der Waals surface area (Å²) in [5.74, 6) is 1.82. The van der Waals surface area contributed by atoms with E-state index in [1.165, 1.54) is 0 Å². The smallest absolute Gasteiger partial charge is 0.307 e. The van der Waals surface area contributed by atoms with E-state index in [-0.39, 0.29) is 5.92 Å². The maximum atomic E-state index is 10.6. The predicted molar refractivity (Wildman–Crippen MR) is 48.6 cm³/mol. The zero-order chi connectivity index (χ0) is 9.56. The minimum absolute atomic E-state index is 0.349. The first-order valence-corrected chi connectivity index (χ1v) is 4.24. The van der Waals surface area contributed by atoms with E-state index in [2.05, 4.69) is 19.8 Å². The van der Waals surface area contributed by atoms with Crippen LogP contribution in [0.5, 0.6) is 0 Å². The summed E-state index contributed by atoms with van der Waals surface area (Å²) in [5, 5.41) is 8.72. The number of terminal acetylenes is 1. The standard InChI is InChI=1S/C10H16O2/c1-4-5-9(10(11)12)7-6-8(2)3/h1,8-9H,5-7H2,2-3H3,(H,11,12). The number of hydrogen-bond acceptors (Lipinski definition) is 1. The molecule has 0 spiro atoms. The zero-order valence-corrected chi connectivity index (χ0v) is 7.71. The third-order valence-electron chi connectivity index (χ3n) is 1.81. The lowest BCUT2D eigenvalue weighted by Gasteiger charge is -2.10. The molecule has 0 aliphatic carbocycles. The second-order valence-electron chi connectivity index (χ2n) is 3.41. The highest BCUT2D eigenvalue weighted by Gasteiger charge is 2.15. The van der Waals surface area contributed by atoms with Crippen molar-refractivity contribution in [2.45, 2.75) is 33.1 Å². The molecule has 0 aromatic rings. The third-order valence-corrected chi connectivity index (χ3v) is 1.81. The molecule has 0 radical (unpaired) electrons. The summed E-state index contributed by atoms with van der Waals surface area (Å²) >= 11 is 0. The Morgan fingerprint density at radius 1 is 1.50 bits per heavy atom. The van der Waals surface area contributed by atoms with Gasteiger partial charge in [-0.05, 0) is 12.3 Å². The van der Waals surface area contributed by atoms with Crippen molar-refractivity contribution in [1.29, 1.82) is 0 Å². The van der Waals surface area contributed by atoms with Gasteiger partial charge in [0, 0.05) is 6.42 Å². The van der Waals surface area contributed by atoms with Gasteiger partial charge in [-0.15, -0.1) is 12.3 Å².